The number of anilines is 1. The maximum Gasteiger partial charge on any atom is 0.191 e. The van der Waals surface area contributed by atoms with E-state index in [1.807, 2.05) is 0 Å². The third kappa shape index (κ3) is 5.21. The minimum absolute atomic E-state index is 0.0691. The largest absolute Gasteiger partial charge is 0.372 e. The van der Waals surface area contributed by atoms with E-state index in [9.17, 15) is 8.78 Å². The second-order valence-electron chi connectivity index (χ2n) is 7.14. The van der Waals surface area contributed by atoms with E-state index in [0.717, 1.165) is 25.2 Å². The van der Waals surface area contributed by atoms with Gasteiger partial charge in [-0.05, 0) is 67.6 Å². The Balaban J connectivity index is 1.55. The molecule has 1 aliphatic heterocycles. The van der Waals surface area contributed by atoms with E-state index in [1.165, 1.54) is 30.2 Å². The van der Waals surface area contributed by atoms with Crippen molar-refractivity contribution in [3.05, 3.63) is 65.2 Å². The molecule has 1 unspecified atom stereocenters. The monoisotopic (exact) mass is 386 g/mol. The van der Waals surface area contributed by atoms with Crippen molar-refractivity contribution in [2.75, 3.05) is 31.6 Å². The van der Waals surface area contributed by atoms with E-state index in [4.69, 9.17) is 0 Å². The zero-order chi connectivity index (χ0) is 19.9. The predicted octanol–water partition coefficient (Wildman–Crippen LogP) is 4.03. The van der Waals surface area contributed by atoms with Crippen LogP contribution in [0.25, 0.3) is 0 Å². The molecule has 0 aliphatic carbocycles. The molecule has 1 fully saturated rings. The summed E-state index contributed by atoms with van der Waals surface area (Å²) in [7, 11) is 1.70. The summed E-state index contributed by atoms with van der Waals surface area (Å²) in [5.41, 5.74) is 2.80. The number of guanidine groups is 1. The highest BCUT2D eigenvalue weighted by Crippen LogP contribution is 2.23. The number of nitrogens with one attached hydrogen (secondary N) is 2. The second-order valence-corrected chi connectivity index (χ2v) is 7.14. The van der Waals surface area contributed by atoms with Gasteiger partial charge in [0.05, 0.1) is 6.04 Å². The van der Waals surface area contributed by atoms with Crippen molar-refractivity contribution in [1.82, 2.24) is 10.6 Å². The van der Waals surface area contributed by atoms with Crippen LogP contribution in [-0.2, 0) is 6.42 Å². The first-order valence-corrected chi connectivity index (χ1v) is 9.83. The molecule has 0 bridgehead atoms. The van der Waals surface area contributed by atoms with Crippen LogP contribution >= 0.6 is 0 Å². The zero-order valence-electron chi connectivity index (χ0n) is 16.5. The Morgan fingerprint density at radius 2 is 1.93 bits per heavy atom. The zero-order valence-corrected chi connectivity index (χ0v) is 16.5. The smallest absolute Gasteiger partial charge is 0.191 e. The van der Waals surface area contributed by atoms with Gasteiger partial charge in [0, 0.05) is 32.4 Å². The first kappa shape index (κ1) is 20.1. The summed E-state index contributed by atoms with van der Waals surface area (Å²) >= 11 is 0. The van der Waals surface area contributed by atoms with Crippen molar-refractivity contribution >= 4 is 11.6 Å². The standard InChI is InChI=1S/C22H28F2N4/c1-16(17-6-5-7-20(15-17)28-12-3-4-13-28)27-22(25-2)26-11-10-18-14-19(23)8-9-21(18)24/h5-9,14-16H,3-4,10-13H2,1-2H3,(H2,25,26,27). The van der Waals surface area contributed by atoms with Gasteiger partial charge in [0.25, 0.3) is 0 Å². The van der Waals surface area contributed by atoms with Crippen LogP contribution < -0.4 is 15.5 Å². The van der Waals surface area contributed by atoms with Crippen LogP contribution in [0.2, 0.25) is 0 Å². The summed E-state index contributed by atoms with van der Waals surface area (Å²) in [5, 5.41) is 6.54. The quantitative estimate of drug-likeness (QED) is 0.582. The van der Waals surface area contributed by atoms with Crippen LogP contribution in [0.4, 0.5) is 14.5 Å². The number of nitrogens with zero attached hydrogens (tertiary/aromatic N) is 2. The SMILES string of the molecule is CN=C(NCCc1cc(F)ccc1F)NC(C)c1cccc(N2CCCC2)c1. The Morgan fingerprint density at radius 3 is 2.68 bits per heavy atom. The molecule has 2 N–H and O–H groups in total. The predicted molar refractivity (Wildman–Crippen MR) is 111 cm³/mol. The van der Waals surface area contributed by atoms with E-state index in [-0.39, 0.29) is 6.04 Å². The summed E-state index contributed by atoms with van der Waals surface area (Å²) in [5.74, 6) is -0.181. The topological polar surface area (TPSA) is 39.7 Å². The summed E-state index contributed by atoms with van der Waals surface area (Å²) < 4.78 is 27.0. The molecule has 1 aliphatic rings. The number of aliphatic imine (C=N–C) groups is 1. The van der Waals surface area contributed by atoms with Crippen LogP contribution in [-0.4, -0.2) is 32.6 Å². The minimum Gasteiger partial charge on any atom is -0.372 e. The van der Waals surface area contributed by atoms with Crippen molar-refractivity contribution in [3.8, 4) is 0 Å². The van der Waals surface area contributed by atoms with Crippen LogP contribution in [0.3, 0.4) is 0 Å². The Bertz CT molecular complexity index is 816. The van der Waals surface area contributed by atoms with E-state index in [1.54, 1.807) is 7.05 Å². The van der Waals surface area contributed by atoms with E-state index < -0.39 is 11.6 Å². The lowest BCUT2D eigenvalue weighted by atomic mass is 10.1. The molecule has 2 aromatic carbocycles. The first-order chi connectivity index (χ1) is 13.6. The fourth-order valence-electron chi connectivity index (χ4n) is 3.50. The molecule has 0 saturated carbocycles. The summed E-state index contributed by atoms with van der Waals surface area (Å²) in [4.78, 5) is 6.65. The highest BCUT2D eigenvalue weighted by molar-refractivity contribution is 5.80. The van der Waals surface area contributed by atoms with Gasteiger partial charge in [0.1, 0.15) is 11.6 Å². The highest BCUT2D eigenvalue weighted by atomic mass is 19.1. The molecule has 150 valence electrons. The molecule has 4 nitrogen and oxygen atoms in total. The van der Waals surface area contributed by atoms with Gasteiger partial charge in [-0.2, -0.15) is 0 Å². The van der Waals surface area contributed by atoms with Crippen molar-refractivity contribution in [2.45, 2.75) is 32.2 Å². The van der Waals surface area contributed by atoms with Gasteiger partial charge in [-0.1, -0.05) is 12.1 Å². The van der Waals surface area contributed by atoms with Crippen LogP contribution in [0.1, 0.15) is 36.9 Å². The van der Waals surface area contributed by atoms with Gasteiger partial charge in [0.15, 0.2) is 5.96 Å². The maximum atomic E-state index is 13.7. The summed E-state index contributed by atoms with van der Waals surface area (Å²) in [6, 6.07) is 12.2. The Morgan fingerprint density at radius 1 is 1.14 bits per heavy atom. The van der Waals surface area contributed by atoms with E-state index in [0.29, 0.717) is 24.5 Å². The molecule has 1 saturated heterocycles. The van der Waals surface area contributed by atoms with E-state index in [2.05, 4.69) is 51.7 Å². The molecule has 0 amide bonds. The molecule has 2 aromatic rings. The lowest BCUT2D eigenvalue weighted by Crippen LogP contribution is -2.39. The molecule has 0 spiro atoms. The summed E-state index contributed by atoms with van der Waals surface area (Å²) in [6.07, 6.45) is 2.88. The van der Waals surface area contributed by atoms with Gasteiger partial charge < -0.3 is 15.5 Å². The van der Waals surface area contributed by atoms with Gasteiger partial charge in [-0.3, -0.25) is 4.99 Å². The third-order valence-electron chi connectivity index (χ3n) is 5.11. The van der Waals surface area contributed by atoms with Gasteiger partial charge in [-0.15, -0.1) is 0 Å². The molecular formula is C22H28F2N4. The Kier molecular flexibility index (Phi) is 6.85. The fraction of sp³-hybridized carbons (Fsp3) is 0.409. The number of hydrogen-bond donors (Lipinski definition) is 2. The number of hydrogen-bond acceptors (Lipinski definition) is 2. The van der Waals surface area contributed by atoms with Crippen LogP contribution in [0, 0.1) is 11.6 Å². The molecule has 28 heavy (non-hydrogen) atoms. The Hall–Kier alpha value is -2.63. The van der Waals surface area contributed by atoms with Crippen molar-refractivity contribution in [1.29, 1.82) is 0 Å². The normalized spacial score (nSPS) is 15.6. The molecule has 0 radical (unpaired) electrons. The van der Waals surface area contributed by atoms with Crippen molar-refractivity contribution in [3.63, 3.8) is 0 Å². The van der Waals surface area contributed by atoms with Crippen LogP contribution in [0.15, 0.2) is 47.5 Å². The molecular weight excluding hydrogens is 358 g/mol. The molecule has 1 atom stereocenters. The first-order valence-electron chi connectivity index (χ1n) is 9.83. The number of rotatable bonds is 6. The van der Waals surface area contributed by atoms with Gasteiger partial charge >= 0.3 is 0 Å². The average Bonchev–Trinajstić information content (AvgIpc) is 3.24. The Labute approximate surface area is 165 Å². The third-order valence-corrected chi connectivity index (χ3v) is 5.11. The highest BCUT2D eigenvalue weighted by Gasteiger charge is 2.14. The lowest BCUT2D eigenvalue weighted by Gasteiger charge is -2.22. The maximum absolute atomic E-state index is 13.7. The second kappa shape index (κ2) is 9.53. The van der Waals surface area contributed by atoms with E-state index >= 15 is 0 Å². The van der Waals surface area contributed by atoms with Gasteiger partial charge in [-0.25, -0.2) is 8.78 Å². The van der Waals surface area contributed by atoms with Crippen molar-refractivity contribution < 1.29 is 8.78 Å². The molecule has 1 heterocycles. The number of benzene rings is 2. The lowest BCUT2D eigenvalue weighted by molar-refractivity contribution is 0.582. The summed E-state index contributed by atoms with van der Waals surface area (Å²) in [6.45, 7) is 4.78. The minimum atomic E-state index is -0.426. The molecule has 0 aromatic heterocycles. The fourth-order valence-corrected chi connectivity index (χ4v) is 3.50. The van der Waals surface area contributed by atoms with Crippen LogP contribution in [0.5, 0.6) is 0 Å². The number of halogens is 2. The van der Waals surface area contributed by atoms with Crippen molar-refractivity contribution in [2.24, 2.45) is 4.99 Å². The van der Waals surface area contributed by atoms with Gasteiger partial charge in [0.2, 0.25) is 0 Å². The average molecular weight is 386 g/mol. The molecule has 6 heteroatoms. The molecule has 3 rings (SSSR count).